The van der Waals surface area contributed by atoms with Crippen molar-refractivity contribution in [3.05, 3.63) is 24.1 Å². The lowest BCUT2D eigenvalue weighted by molar-refractivity contribution is -0.0671. The number of rotatable bonds is 3. The summed E-state index contributed by atoms with van der Waals surface area (Å²) in [6.07, 6.45) is 5.73. The van der Waals surface area contributed by atoms with Crippen molar-refractivity contribution in [1.82, 2.24) is 0 Å². The molecule has 0 aromatic heterocycles. The Morgan fingerprint density at radius 1 is 1.64 bits per heavy atom. The summed E-state index contributed by atoms with van der Waals surface area (Å²) in [4.78, 5) is 3.53. The third-order valence-electron chi connectivity index (χ3n) is 2.13. The van der Waals surface area contributed by atoms with Gasteiger partial charge in [-0.2, -0.15) is 0 Å². The quantitative estimate of drug-likeness (QED) is 0.652. The van der Waals surface area contributed by atoms with E-state index in [1.807, 2.05) is 0 Å². The zero-order valence-electron chi connectivity index (χ0n) is 8.02. The predicted octanol–water partition coefficient (Wildman–Crippen LogP) is 0.618. The van der Waals surface area contributed by atoms with Crippen LogP contribution in [0, 0.1) is 0 Å². The van der Waals surface area contributed by atoms with Crippen LogP contribution in [-0.4, -0.2) is 35.7 Å². The monoisotopic (exact) mass is 197 g/mol. The Labute approximate surface area is 83.2 Å². The molecule has 1 saturated heterocycles. The first kappa shape index (κ1) is 10.9. The lowest BCUT2D eigenvalue weighted by Crippen LogP contribution is -2.38. The molecule has 0 aliphatic carbocycles. The molecule has 0 aromatic rings. The molecule has 1 atom stereocenters. The Kier molecular flexibility index (Phi) is 3.85. The van der Waals surface area contributed by atoms with E-state index in [-0.39, 0.29) is 6.61 Å². The molecule has 0 aromatic carbocycles. The number of aliphatic hydroxyl groups is 2. The largest absolute Gasteiger partial charge is 0.498 e. The molecule has 0 bridgehead atoms. The highest BCUT2D eigenvalue weighted by Gasteiger charge is 2.31. The first-order valence-corrected chi connectivity index (χ1v) is 4.48. The van der Waals surface area contributed by atoms with E-state index in [0.717, 1.165) is 0 Å². The SMILES string of the molecule is C=N/C=C\C=C1/CC(O)(CO)CCO1. The van der Waals surface area contributed by atoms with E-state index < -0.39 is 5.60 Å². The maximum atomic E-state index is 9.78. The number of aliphatic hydroxyl groups excluding tert-OH is 1. The van der Waals surface area contributed by atoms with Gasteiger partial charge in [-0.25, -0.2) is 0 Å². The van der Waals surface area contributed by atoms with Crippen LogP contribution in [0.3, 0.4) is 0 Å². The minimum absolute atomic E-state index is 0.239. The molecule has 1 rings (SSSR count). The average Bonchev–Trinajstić information content (AvgIpc) is 2.19. The highest BCUT2D eigenvalue weighted by molar-refractivity contribution is 5.26. The zero-order valence-corrected chi connectivity index (χ0v) is 8.02. The fourth-order valence-electron chi connectivity index (χ4n) is 1.29. The van der Waals surface area contributed by atoms with Gasteiger partial charge in [0.25, 0.3) is 0 Å². The maximum Gasteiger partial charge on any atom is 0.0989 e. The van der Waals surface area contributed by atoms with Crippen molar-refractivity contribution in [2.45, 2.75) is 18.4 Å². The van der Waals surface area contributed by atoms with Crippen LogP contribution >= 0.6 is 0 Å². The van der Waals surface area contributed by atoms with Gasteiger partial charge in [0, 0.05) is 19.0 Å². The molecule has 4 nitrogen and oxygen atoms in total. The summed E-state index contributed by atoms with van der Waals surface area (Å²) in [6.45, 7) is 3.48. The Balaban J connectivity index is 2.59. The van der Waals surface area contributed by atoms with Gasteiger partial charge in [0.1, 0.15) is 0 Å². The van der Waals surface area contributed by atoms with E-state index in [4.69, 9.17) is 9.84 Å². The molecule has 0 saturated carbocycles. The van der Waals surface area contributed by atoms with Crippen LogP contribution in [0.2, 0.25) is 0 Å². The smallest absolute Gasteiger partial charge is 0.0989 e. The fraction of sp³-hybridized carbons (Fsp3) is 0.500. The summed E-state index contributed by atoms with van der Waals surface area (Å²) in [7, 11) is 0. The van der Waals surface area contributed by atoms with E-state index in [0.29, 0.717) is 25.2 Å². The minimum atomic E-state index is -1.03. The van der Waals surface area contributed by atoms with Crippen molar-refractivity contribution in [2.75, 3.05) is 13.2 Å². The van der Waals surface area contributed by atoms with Gasteiger partial charge in [-0.3, -0.25) is 4.99 Å². The second kappa shape index (κ2) is 4.93. The summed E-state index contributed by atoms with van der Waals surface area (Å²) in [5.74, 6) is 0.660. The van der Waals surface area contributed by atoms with Crippen molar-refractivity contribution < 1.29 is 14.9 Å². The van der Waals surface area contributed by atoms with E-state index in [9.17, 15) is 5.11 Å². The van der Waals surface area contributed by atoms with Crippen LogP contribution in [0.5, 0.6) is 0 Å². The summed E-state index contributed by atoms with van der Waals surface area (Å²) in [6, 6.07) is 0. The number of hydrogen-bond donors (Lipinski definition) is 2. The number of hydrogen-bond acceptors (Lipinski definition) is 4. The van der Waals surface area contributed by atoms with Crippen molar-refractivity contribution in [2.24, 2.45) is 4.99 Å². The topological polar surface area (TPSA) is 62.1 Å². The van der Waals surface area contributed by atoms with Crippen molar-refractivity contribution in [3.8, 4) is 0 Å². The van der Waals surface area contributed by atoms with E-state index in [1.54, 1.807) is 12.2 Å². The molecule has 0 radical (unpaired) electrons. The maximum absolute atomic E-state index is 9.78. The van der Waals surface area contributed by atoms with Crippen LogP contribution in [-0.2, 0) is 4.74 Å². The second-order valence-corrected chi connectivity index (χ2v) is 3.31. The molecule has 0 spiro atoms. The molecule has 2 N–H and O–H groups in total. The number of aliphatic imine (C=N–C) groups is 1. The Morgan fingerprint density at radius 3 is 3.07 bits per heavy atom. The number of ether oxygens (including phenoxy) is 1. The first-order chi connectivity index (χ1) is 6.70. The van der Waals surface area contributed by atoms with Gasteiger partial charge < -0.3 is 14.9 Å². The zero-order chi connectivity index (χ0) is 10.4. The summed E-state index contributed by atoms with van der Waals surface area (Å²) in [5.41, 5.74) is -1.03. The van der Waals surface area contributed by atoms with Gasteiger partial charge in [0.2, 0.25) is 0 Å². The van der Waals surface area contributed by atoms with Crippen LogP contribution < -0.4 is 0 Å². The number of allylic oxidation sites excluding steroid dienone is 2. The Bertz CT molecular complexity index is 260. The van der Waals surface area contributed by atoms with Gasteiger partial charge in [-0.1, -0.05) is 0 Å². The highest BCUT2D eigenvalue weighted by Crippen LogP contribution is 2.26. The van der Waals surface area contributed by atoms with Crippen LogP contribution in [0.4, 0.5) is 0 Å². The van der Waals surface area contributed by atoms with Crippen LogP contribution in [0.1, 0.15) is 12.8 Å². The molecule has 1 fully saturated rings. The molecule has 1 unspecified atom stereocenters. The van der Waals surface area contributed by atoms with E-state index in [1.165, 1.54) is 6.20 Å². The lowest BCUT2D eigenvalue weighted by Gasteiger charge is -2.31. The van der Waals surface area contributed by atoms with Gasteiger partial charge in [0.15, 0.2) is 0 Å². The molecule has 4 heteroatoms. The number of nitrogens with zero attached hydrogens (tertiary/aromatic N) is 1. The predicted molar refractivity (Wildman–Crippen MR) is 54.0 cm³/mol. The van der Waals surface area contributed by atoms with Crippen LogP contribution in [0.15, 0.2) is 29.1 Å². The molecule has 78 valence electrons. The van der Waals surface area contributed by atoms with Crippen molar-refractivity contribution in [3.63, 3.8) is 0 Å². The van der Waals surface area contributed by atoms with E-state index in [2.05, 4.69) is 11.7 Å². The summed E-state index contributed by atoms with van der Waals surface area (Å²) >= 11 is 0. The molecule has 0 amide bonds. The standard InChI is InChI=1S/C10H15NO3/c1-11-5-2-3-9-7-10(13,8-12)4-6-14-9/h2-3,5,12-13H,1,4,6-8H2/b5-2-,9-3+. The summed E-state index contributed by atoms with van der Waals surface area (Å²) in [5, 5.41) is 18.7. The van der Waals surface area contributed by atoms with Crippen LogP contribution in [0.25, 0.3) is 0 Å². The van der Waals surface area contributed by atoms with Crippen molar-refractivity contribution >= 4 is 6.72 Å². The minimum Gasteiger partial charge on any atom is -0.498 e. The third kappa shape index (κ3) is 2.97. The Hall–Kier alpha value is -1.13. The normalized spacial score (nSPS) is 30.6. The lowest BCUT2D eigenvalue weighted by atomic mass is 9.93. The molecular formula is C10H15NO3. The fourth-order valence-corrected chi connectivity index (χ4v) is 1.29. The molecular weight excluding hydrogens is 182 g/mol. The first-order valence-electron chi connectivity index (χ1n) is 4.48. The molecule has 1 heterocycles. The molecule has 14 heavy (non-hydrogen) atoms. The van der Waals surface area contributed by atoms with Gasteiger partial charge in [-0.15, -0.1) is 0 Å². The summed E-state index contributed by atoms with van der Waals surface area (Å²) < 4.78 is 5.30. The van der Waals surface area contributed by atoms with E-state index >= 15 is 0 Å². The second-order valence-electron chi connectivity index (χ2n) is 3.31. The van der Waals surface area contributed by atoms with Gasteiger partial charge in [-0.05, 0) is 18.9 Å². The molecule has 1 aliphatic rings. The Morgan fingerprint density at radius 2 is 2.43 bits per heavy atom. The third-order valence-corrected chi connectivity index (χ3v) is 2.13. The molecule has 1 aliphatic heterocycles. The van der Waals surface area contributed by atoms with Crippen molar-refractivity contribution in [1.29, 1.82) is 0 Å². The highest BCUT2D eigenvalue weighted by atomic mass is 16.5. The average molecular weight is 197 g/mol. The van der Waals surface area contributed by atoms with Gasteiger partial charge >= 0.3 is 0 Å². The van der Waals surface area contributed by atoms with Gasteiger partial charge in [0.05, 0.1) is 24.6 Å².